The molecule has 0 aromatic heterocycles. The maximum atomic E-state index is 12.2. The second-order valence-corrected chi connectivity index (χ2v) is 9.19. The Morgan fingerprint density at radius 1 is 1.21 bits per heavy atom. The van der Waals surface area contributed by atoms with Crippen LogP contribution in [0.3, 0.4) is 0 Å². The second-order valence-electron chi connectivity index (χ2n) is 9.19. The molecule has 0 aromatic rings. The monoisotopic (exact) mass is 394 g/mol. The number of ether oxygens (including phenoxy) is 1. The van der Waals surface area contributed by atoms with Crippen LogP contribution in [-0.4, -0.2) is 61.2 Å². The summed E-state index contributed by atoms with van der Waals surface area (Å²) in [5, 5.41) is 7.25. The fourth-order valence-electron chi connectivity index (χ4n) is 4.04. The van der Waals surface area contributed by atoms with E-state index in [1.165, 1.54) is 6.42 Å². The number of aliphatic imine (C=N–C) groups is 1. The van der Waals surface area contributed by atoms with Gasteiger partial charge in [0.05, 0.1) is 6.10 Å². The molecule has 2 aliphatic rings. The van der Waals surface area contributed by atoms with Crippen LogP contribution in [0.2, 0.25) is 0 Å². The summed E-state index contributed by atoms with van der Waals surface area (Å²) >= 11 is 0. The maximum Gasteiger partial charge on any atom is 0.225 e. The Labute approximate surface area is 171 Å². The summed E-state index contributed by atoms with van der Waals surface area (Å²) in [5.41, 5.74) is 0.108. The highest BCUT2D eigenvalue weighted by atomic mass is 16.5. The molecule has 2 atom stereocenters. The van der Waals surface area contributed by atoms with Gasteiger partial charge in [0, 0.05) is 49.7 Å². The van der Waals surface area contributed by atoms with Crippen LogP contribution in [0.1, 0.15) is 73.6 Å². The highest BCUT2D eigenvalue weighted by Gasteiger charge is 2.49. The van der Waals surface area contributed by atoms with Gasteiger partial charge in [-0.2, -0.15) is 0 Å². The summed E-state index contributed by atoms with van der Waals surface area (Å²) in [5.74, 6) is 1.25. The van der Waals surface area contributed by atoms with E-state index in [-0.39, 0.29) is 17.2 Å². The normalized spacial score (nSPS) is 25.5. The number of guanidine groups is 1. The summed E-state index contributed by atoms with van der Waals surface area (Å²) in [6.07, 6.45) is 5.60. The number of unbranched alkanes of at least 4 members (excludes halogenated alkanes) is 1. The molecule has 0 radical (unpaired) electrons. The molecule has 0 bridgehead atoms. The summed E-state index contributed by atoms with van der Waals surface area (Å²) in [6, 6.07) is 0.744. The first-order valence-corrected chi connectivity index (χ1v) is 11.3. The van der Waals surface area contributed by atoms with Crippen molar-refractivity contribution in [3.63, 3.8) is 0 Å². The number of nitrogens with one attached hydrogen (secondary N) is 2. The Hall–Kier alpha value is -1.30. The number of carbonyl (C=O) groups is 1. The van der Waals surface area contributed by atoms with Crippen molar-refractivity contribution >= 4 is 11.9 Å². The van der Waals surface area contributed by atoms with E-state index in [4.69, 9.17) is 4.74 Å². The summed E-state index contributed by atoms with van der Waals surface area (Å²) in [4.78, 5) is 18.8. The van der Waals surface area contributed by atoms with Gasteiger partial charge in [0.25, 0.3) is 0 Å². The van der Waals surface area contributed by atoms with Crippen molar-refractivity contribution in [2.45, 2.75) is 91.8 Å². The summed E-state index contributed by atoms with van der Waals surface area (Å²) in [7, 11) is 0. The van der Waals surface area contributed by atoms with Gasteiger partial charge in [-0.25, -0.2) is 0 Å². The number of hydrogen-bond donors (Lipinski definition) is 2. The molecule has 1 saturated carbocycles. The van der Waals surface area contributed by atoms with Crippen LogP contribution < -0.4 is 10.6 Å². The zero-order chi connectivity index (χ0) is 20.7. The van der Waals surface area contributed by atoms with Gasteiger partial charge in [-0.3, -0.25) is 9.79 Å². The van der Waals surface area contributed by atoms with Crippen molar-refractivity contribution in [3.8, 4) is 0 Å². The van der Waals surface area contributed by atoms with Crippen molar-refractivity contribution < 1.29 is 9.53 Å². The molecule has 1 heterocycles. The fourth-order valence-corrected chi connectivity index (χ4v) is 4.04. The zero-order valence-electron chi connectivity index (χ0n) is 18.9. The molecule has 1 aliphatic heterocycles. The standard InChI is InChI=1S/C22H42N4O2/c1-7-9-14-28-19-15-18(22(19,5)6)25-21(23-8-2)24-17-10-12-26(13-11-17)20(27)16(3)4/h16-19H,7-15H2,1-6H3,(H2,23,24,25). The number of amides is 1. The molecule has 2 unspecified atom stereocenters. The van der Waals surface area contributed by atoms with Crippen LogP contribution in [0.5, 0.6) is 0 Å². The van der Waals surface area contributed by atoms with E-state index >= 15 is 0 Å². The Balaban J connectivity index is 1.82. The van der Waals surface area contributed by atoms with Crippen LogP contribution in [0.25, 0.3) is 0 Å². The van der Waals surface area contributed by atoms with Gasteiger partial charge in [0.2, 0.25) is 5.91 Å². The lowest BCUT2D eigenvalue weighted by Gasteiger charge is -2.52. The molecule has 1 aliphatic carbocycles. The van der Waals surface area contributed by atoms with Crippen molar-refractivity contribution in [3.05, 3.63) is 0 Å². The smallest absolute Gasteiger partial charge is 0.225 e. The van der Waals surface area contributed by atoms with Crippen molar-refractivity contribution in [2.75, 3.05) is 26.2 Å². The lowest BCUT2D eigenvalue weighted by molar-refractivity contribution is -0.135. The molecule has 6 nitrogen and oxygen atoms in total. The van der Waals surface area contributed by atoms with Crippen LogP contribution >= 0.6 is 0 Å². The molecule has 162 valence electrons. The van der Waals surface area contributed by atoms with E-state index in [9.17, 15) is 4.79 Å². The third kappa shape index (κ3) is 5.85. The zero-order valence-corrected chi connectivity index (χ0v) is 18.9. The molecular formula is C22H42N4O2. The summed E-state index contributed by atoms with van der Waals surface area (Å²) < 4.78 is 6.07. The predicted molar refractivity (Wildman–Crippen MR) is 116 cm³/mol. The first-order valence-electron chi connectivity index (χ1n) is 11.3. The molecular weight excluding hydrogens is 352 g/mol. The van der Waals surface area contributed by atoms with Gasteiger partial charge < -0.3 is 20.3 Å². The summed E-state index contributed by atoms with van der Waals surface area (Å²) in [6.45, 7) is 16.0. The average molecular weight is 395 g/mol. The highest BCUT2D eigenvalue weighted by molar-refractivity contribution is 5.81. The molecule has 6 heteroatoms. The maximum absolute atomic E-state index is 12.2. The number of rotatable bonds is 8. The van der Waals surface area contributed by atoms with Gasteiger partial charge in [-0.05, 0) is 32.6 Å². The van der Waals surface area contributed by atoms with E-state index in [1.807, 2.05) is 18.7 Å². The van der Waals surface area contributed by atoms with Gasteiger partial charge in [-0.15, -0.1) is 0 Å². The highest BCUT2D eigenvalue weighted by Crippen LogP contribution is 2.42. The van der Waals surface area contributed by atoms with Gasteiger partial charge >= 0.3 is 0 Å². The molecule has 0 aromatic carbocycles. The molecule has 2 fully saturated rings. The number of hydrogen-bond acceptors (Lipinski definition) is 3. The van der Waals surface area contributed by atoms with Crippen LogP contribution in [-0.2, 0) is 9.53 Å². The van der Waals surface area contributed by atoms with E-state index in [0.717, 1.165) is 57.9 Å². The number of carbonyl (C=O) groups excluding carboxylic acids is 1. The minimum Gasteiger partial charge on any atom is -0.378 e. The molecule has 2 N–H and O–H groups in total. The lowest BCUT2D eigenvalue weighted by atomic mass is 9.64. The first kappa shape index (κ1) is 23.0. The fraction of sp³-hybridized carbons (Fsp3) is 0.909. The SMILES string of the molecule is CCCCOC1CC(NC(=NCC)NC2CCN(C(=O)C(C)C)CC2)C1(C)C. The van der Waals surface area contributed by atoms with E-state index < -0.39 is 0 Å². The van der Waals surface area contributed by atoms with Gasteiger partial charge in [-0.1, -0.05) is 41.0 Å². The largest absolute Gasteiger partial charge is 0.378 e. The molecule has 2 rings (SSSR count). The second kappa shape index (κ2) is 10.5. The van der Waals surface area contributed by atoms with Gasteiger partial charge in [0.1, 0.15) is 0 Å². The number of nitrogens with zero attached hydrogens (tertiary/aromatic N) is 2. The Bertz CT molecular complexity index is 525. The first-order chi connectivity index (χ1) is 13.3. The van der Waals surface area contributed by atoms with Crippen molar-refractivity contribution in [2.24, 2.45) is 16.3 Å². The van der Waals surface area contributed by atoms with E-state index in [0.29, 0.717) is 18.2 Å². The molecule has 0 spiro atoms. The Kier molecular flexibility index (Phi) is 8.59. The van der Waals surface area contributed by atoms with Crippen molar-refractivity contribution in [1.29, 1.82) is 0 Å². The topological polar surface area (TPSA) is 66.0 Å². The minimum atomic E-state index is 0.0803. The van der Waals surface area contributed by atoms with Crippen LogP contribution in [0.15, 0.2) is 4.99 Å². The van der Waals surface area contributed by atoms with Crippen LogP contribution in [0.4, 0.5) is 0 Å². The third-order valence-corrected chi connectivity index (χ3v) is 6.26. The Morgan fingerprint density at radius 3 is 2.43 bits per heavy atom. The van der Waals surface area contributed by atoms with Crippen LogP contribution in [0, 0.1) is 11.3 Å². The number of piperidine rings is 1. The minimum absolute atomic E-state index is 0.0803. The van der Waals surface area contributed by atoms with E-state index in [1.54, 1.807) is 0 Å². The van der Waals surface area contributed by atoms with Gasteiger partial charge in [0.15, 0.2) is 5.96 Å². The average Bonchev–Trinajstić information content (AvgIpc) is 2.66. The quantitative estimate of drug-likeness (QED) is 0.377. The third-order valence-electron chi connectivity index (χ3n) is 6.26. The lowest BCUT2D eigenvalue weighted by Crippen LogP contribution is -2.64. The predicted octanol–water partition coefficient (Wildman–Crippen LogP) is 3.17. The Morgan fingerprint density at radius 2 is 1.89 bits per heavy atom. The molecule has 28 heavy (non-hydrogen) atoms. The van der Waals surface area contributed by atoms with Crippen molar-refractivity contribution in [1.82, 2.24) is 15.5 Å². The number of likely N-dealkylation sites (tertiary alicyclic amines) is 1. The molecule has 1 amide bonds. The van der Waals surface area contributed by atoms with E-state index in [2.05, 4.69) is 43.3 Å². The molecule has 1 saturated heterocycles.